The summed E-state index contributed by atoms with van der Waals surface area (Å²) in [5.41, 5.74) is 1.82. The van der Waals surface area contributed by atoms with Gasteiger partial charge in [-0.25, -0.2) is 13.5 Å². The van der Waals surface area contributed by atoms with Crippen LogP contribution in [0, 0.1) is 18.6 Å². The van der Waals surface area contributed by atoms with Crippen molar-refractivity contribution in [2.24, 2.45) is 4.99 Å². The SMILES string of the molecule is Cc1nn2c(c1-c1ccc(C(F)(F)F)cc1)C(c1ccc(F)cc1F)=NC2. The quantitative estimate of drug-likeness (QED) is 0.581. The molecule has 0 spiro atoms. The number of alkyl halides is 3. The Morgan fingerprint density at radius 3 is 2.33 bits per heavy atom. The first-order chi connectivity index (χ1) is 12.8. The van der Waals surface area contributed by atoms with Gasteiger partial charge in [-0.2, -0.15) is 18.3 Å². The van der Waals surface area contributed by atoms with Crippen molar-refractivity contribution >= 4 is 5.71 Å². The minimum absolute atomic E-state index is 0.114. The highest BCUT2D eigenvalue weighted by Gasteiger charge is 2.31. The summed E-state index contributed by atoms with van der Waals surface area (Å²) in [5, 5.41) is 4.35. The highest BCUT2D eigenvalue weighted by atomic mass is 19.4. The van der Waals surface area contributed by atoms with E-state index in [0.29, 0.717) is 28.2 Å². The summed E-state index contributed by atoms with van der Waals surface area (Å²) in [7, 11) is 0. The van der Waals surface area contributed by atoms with E-state index in [1.54, 1.807) is 11.6 Å². The molecule has 0 unspecified atom stereocenters. The molecule has 1 aromatic heterocycles. The van der Waals surface area contributed by atoms with Crippen LogP contribution in [-0.2, 0) is 12.8 Å². The molecule has 27 heavy (non-hydrogen) atoms. The summed E-state index contributed by atoms with van der Waals surface area (Å²) in [6.07, 6.45) is -4.43. The van der Waals surface area contributed by atoms with Crippen LogP contribution in [0.15, 0.2) is 47.5 Å². The molecule has 1 aliphatic heterocycles. The van der Waals surface area contributed by atoms with E-state index in [2.05, 4.69) is 10.1 Å². The zero-order chi connectivity index (χ0) is 19.3. The number of hydrogen-bond donors (Lipinski definition) is 0. The molecule has 0 aliphatic carbocycles. The normalized spacial score (nSPS) is 13.6. The summed E-state index contributed by atoms with van der Waals surface area (Å²) in [4.78, 5) is 4.28. The predicted molar refractivity (Wildman–Crippen MR) is 89.4 cm³/mol. The molecule has 1 aliphatic rings. The summed E-state index contributed by atoms with van der Waals surface area (Å²) < 4.78 is 67.5. The molecule has 0 bridgehead atoms. The Morgan fingerprint density at radius 2 is 1.70 bits per heavy atom. The lowest BCUT2D eigenvalue weighted by Crippen LogP contribution is -2.08. The average molecular weight is 377 g/mol. The molecule has 138 valence electrons. The third-order valence-electron chi connectivity index (χ3n) is 4.40. The van der Waals surface area contributed by atoms with Gasteiger partial charge in [0.05, 0.1) is 22.7 Å². The highest BCUT2D eigenvalue weighted by Crippen LogP contribution is 2.35. The van der Waals surface area contributed by atoms with Crippen molar-refractivity contribution in [1.82, 2.24) is 9.78 Å². The van der Waals surface area contributed by atoms with Gasteiger partial charge >= 0.3 is 6.18 Å². The van der Waals surface area contributed by atoms with Crippen molar-refractivity contribution in [2.75, 3.05) is 0 Å². The molecule has 3 aromatic rings. The molecule has 0 fully saturated rings. The van der Waals surface area contributed by atoms with E-state index in [-0.39, 0.29) is 12.2 Å². The van der Waals surface area contributed by atoms with Gasteiger partial charge in [-0.3, -0.25) is 4.99 Å². The van der Waals surface area contributed by atoms with Gasteiger partial charge in [0.15, 0.2) is 0 Å². The second-order valence-electron chi connectivity index (χ2n) is 6.16. The lowest BCUT2D eigenvalue weighted by atomic mass is 9.97. The monoisotopic (exact) mass is 377 g/mol. The predicted octanol–water partition coefficient (Wildman–Crippen LogP) is 4.96. The van der Waals surface area contributed by atoms with Gasteiger partial charge in [-0.1, -0.05) is 12.1 Å². The Balaban J connectivity index is 1.83. The summed E-state index contributed by atoms with van der Waals surface area (Å²) in [5.74, 6) is -1.47. The Labute approximate surface area is 150 Å². The number of aliphatic imine (C=N–C) groups is 1. The number of aromatic nitrogens is 2. The fraction of sp³-hybridized carbons (Fsp3) is 0.158. The summed E-state index contributed by atoms with van der Waals surface area (Å²) >= 11 is 0. The van der Waals surface area contributed by atoms with Gasteiger partial charge < -0.3 is 0 Å². The van der Waals surface area contributed by atoms with Crippen LogP contribution >= 0.6 is 0 Å². The highest BCUT2D eigenvalue weighted by molar-refractivity contribution is 6.16. The topological polar surface area (TPSA) is 30.2 Å². The fourth-order valence-corrected chi connectivity index (χ4v) is 3.20. The Kier molecular flexibility index (Phi) is 3.87. The first-order valence-corrected chi connectivity index (χ1v) is 8.01. The molecule has 0 N–H and O–H groups in total. The van der Waals surface area contributed by atoms with Crippen molar-refractivity contribution < 1.29 is 22.0 Å². The minimum Gasteiger partial charge on any atom is -0.259 e. The Bertz CT molecular complexity index is 1060. The first kappa shape index (κ1) is 17.4. The third kappa shape index (κ3) is 2.90. The van der Waals surface area contributed by atoms with Gasteiger partial charge in [-0.15, -0.1) is 0 Å². The summed E-state index contributed by atoms with van der Waals surface area (Å²) in [6, 6.07) is 7.87. The van der Waals surface area contributed by atoms with Crippen LogP contribution in [0.1, 0.15) is 22.5 Å². The molecule has 8 heteroatoms. The second kappa shape index (κ2) is 6.00. The van der Waals surface area contributed by atoms with Crippen LogP contribution in [0.5, 0.6) is 0 Å². The zero-order valence-corrected chi connectivity index (χ0v) is 14.0. The Hall–Kier alpha value is -3.03. The number of hydrogen-bond acceptors (Lipinski definition) is 2. The molecule has 3 nitrogen and oxygen atoms in total. The Morgan fingerprint density at radius 1 is 1.00 bits per heavy atom. The molecule has 0 saturated carbocycles. The third-order valence-corrected chi connectivity index (χ3v) is 4.40. The molecule has 0 saturated heterocycles. The van der Waals surface area contributed by atoms with Crippen LogP contribution in [0.3, 0.4) is 0 Å². The van der Waals surface area contributed by atoms with E-state index in [4.69, 9.17) is 0 Å². The van der Waals surface area contributed by atoms with E-state index < -0.39 is 23.4 Å². The van der Waals surface area contributed by atoms with Crippen molar-refractivity contribution in [3.8, 4) is 11.1 Å². The number of aryl methyl sites for hydroxylation is 1. The van der Waals surface area contributed by atoms with Gasteiger partial charge in [-0.05, 0) is 36.8 Å². The lowest BCUT2D eigenvalue weighted by molar-refractivity contribution is -0.137. The van der Waals surface area contributed by atoms with Gasteiger partial charge in [0.25, 0.3) is 0 Å². The number of fused-ring (bicyclic) bond motifs is 1. The molecule has 2 heterocycles. The van der Waals surface area contributed by atoms with E-state index in [1.807, 2.05) is 0 Å². The van der Waals surface area contributed by atoms with Crippen LogP contribution in [-0.4, -0.2) is 15.5 Å². The maximum atomic E-state index is 14.2. The number of benzene rings is 2. The van der Waals surface area contributed by atoms with Gasteiger partial charge in [0, 0.05) is 17.2 Å². The van der Waals surface area contributed by atoms with Crippen LogP contribution < -0.4 is 0 Å². The van der Waals surface area contributed by atoms with E-state index >= 15 is 0 Å². The number of halogens is 5. The van der Waals surface area contributed by atoms with Crippen molar-refractivity contribution in [2.45, 2.75) is 19.8 Å². The molecule has 2 aromatic carbocycles. The van der Waals surface area contributed by atoms with E-state index in [0.717, 1.165) is 24.3 Å². The summed E-state index contributed by atoms with van der Waals surface area (Å²) in [6.45, 7) is 1.87. The molecule has 0 radical (unpaired) electrons. The molecular formula is C19H12F5N3. The fourth-order valence-electron chi connectivity index (χ4n) is 3.20. The second-order valence-corrected chi connectivity index (χ2v) is 6.16. The van der Waals surface area contributed by atoms with Crippen LogP contribution in [0.4, 0.5) is 22.0 Å². The standard InChI is InChI=1S/C19H12F5N3/c1-10-16(11-2-4-12(5-3-11)19(22,23)24)18-17(25-9-27(18)26-10)14-7-6-13(20)8-15(14)21/h2-8H,9H2,1H3. The van der Waals surface area contributed by atoms with Gasteiger partial charge in [0.2, 0.25) is 0 Å². The van der Waals surface area contributed by atoms with Crippen molar-refractivity contribution in [3.05, 3.63) is 76.6 Å². The van der Waals surface area contributed by atoms with Crippen molar-refractivity contribution in [1.29, 1.82) is 0 Å². The molecule has 0 atom stereocenters. The zero-order valence-electron chi connectivity index (χ0n) is 14.0. The maximum Gasteiger partial charge on any atom is 0.416 e. The minimum atomic E-state index is -4.43. The lowest BCUT2D eigenvalue weighted by Gasteiger charge is -2.10. The molecule has 4 rings (SSSR count). The van der Waals surface area contributed by atoms with Gasteiger partial charge in [0.1, 0.15) is 18.3 Å². The average Bonchev–Trinajstić information content (AvgIpc) is 3.12. The van der Waals surface area contributed by atoms with Crippen molar-refractivity contribution in [3.63, 3.8) is 0 Å². The number of rotatable bonds is 2. The number of nitrogens with zero attached hydrogens (tertiary/aromatic N) is 3. The van der Waals surface area contributed by atoms with E-state index in [9.17, 15) is 22.0 Å². The molecular weight excluding hydrogens is 365 g/mol. The van der Waals surface area contributed by atoms with Crippen LogP contribution in [0.25, 0.3) is 11.1 Å². The smallest absolute Gasteiger partial charge is 0.259 e. The first-order valence-electron chi connectivity index (χ1n) is 8.01. The molecule has 0 amide bonds. The van der Waals surface area contributed by atoms with E-state index in [1.165, 1.54) is 18.2 Å². The van der Waals surface area contributed by atoms with Crippen LogP contribution in [0.2, 0.25) is 0 Å². The largest absolute Gasteiger partial charge is 0.416 e. The maximum absolute atomic E-state index is 14.2.